The summed E-state index contributed by atoms with van der Waals surface area (Å²) in [5, 5.41) is 0. The fourth-order valence-corrected chi connectivity index (χ4v) is 3.11. The monoisotopic (exact) mass is 205 g/mol. The minimum atomic E-state index is -1.37. The van der Waals surface area contributed by atoms with E-state index in [-0.39, 0.29) is 0 Å². The smallest absolute Gasteiger partial charge is 0.323 e. The highest BCUT2D eigenvalue weighted by Gasteiger charge is 2.18. The minimum absolute atomic E-state index is 0.604. The first-order valence-electron chi connectivity index (χ1n) is 5.02. The van der Waals surface area contributed by atoms with E-state index in [9.17, 15) is 0 Å². The first-order valence-corrected chi connectivity index (χ1v) is 6.62. The number of hydrogen-bond donors (Lipinski definition) is 1. The van der Waals surface area contributed by atoms with Crippen LogP contribution in [0.15, 0.2) is 0 Å². The summed E-state index contributed by atoms with van der Waals surface area (Å²) < 4.78 is 10.6. The van der Waals surface area contributed by atoms with Crippen LogP contribution in [-0.4, -0.2) is 30.0 Å². The number of nitrogens with two attached hydrogens (primary N) is 1. The van der Waals surface area contributed by atoms with E-state index in [0.29, 0.717) is 5.54 Å². The summed E-state index contributed by atoms with van der Waals surface area (Å²) in [6.45, 7) is 3.02. The Morgan fingerprint density at radius 3 is 2.23 bits per heavy atom. The zero-order chi connectivity index (χ0) is 10.1. The van der Waals surface area contributed by atoms with Gasteiger partial charge in [-0.1, -0.05) is 19.8 Å². The third-order valence-corrected chi connectivity index (χ3v) is 4.48. The molecule has 0 aromatic heterocycles. The molecule has 0 aliphatic rings. The maximum absolute atomic E-state index is 5.42. The van der Waals surface area contributed by atoms with Crippen LogP contribution >= 0.6 is 0 Å². The molecule has 0 saturated carbocycles. The quantitative estimate of drug-likeness (QED) is 0.481. The third kappa shape index (κ3) is 6.21. The molecule has 0 bridgehead atoms. The van der Waals surface area contributed by atoms with Gasteiger partial charge in [-0.2, -0.15) is 0 Å². The average Bonchev–Trinajstić information content (AvgIpc) is 2.14. The van der Waals surface area contributed by atoms with Crippen molar-refractivity contribution in [2.24, 2.45) is 5.73 Å². The normalized spacial score (nSPS) is 13.6. The van der Waals surface area contributed by atoms with Gasteiger partial charge in [0.1, 0.15) is 0 Å². The lowest BCUT2D eigenvalue weighted by Crippen LogP contribution is -2.24. The van der Waals surface area contributed by atoms with E-state index in [0.717, 1.165) is 13.0 Å². The molecule has 0 rings (SSSR count). The Kier molecular flexibility index (Phi) is 8.75. The van der Waals surface area contributed by atoms with Crippen molar-refractivity contribution in [1.29, 1.82) is 0 Å². The van der Waals surface area contributed by atoms with Gasteiger partial charge in [-0.3, -0.25) is 0 Å². The van der Waals surface area contributed by atoms with Crippen molar-refractivity contribution in [2.45, 2.75) is 38.1 Å². The van der Waals surface area contributed by atoms with Crippen LogP contribution in [-0.2, 0) is 8.85 Å². The molecule has 80 valence electrons. The molecule has 1 unspecified atom stereocenters. The van der Waals surface area contributed by atoms with E-state index in [1.807, 2.05) is 0 Å². The van der Waals surface area contributed by atoms with Crippen LogP contribution in [0.1, 0.15) is 32.6 Å². The van der Waals surface area contributed by atoms with E-state index >= 15 is 0 Å². The number of hydrogen-bond acceptors (Lipinski definition) is 3. The SMILES string of the molecule is CO[SiH](OC)C(C)CCCCCN. The fraction of sp³-hybridized carbons (Fsp3) is 1.00. The van der Waals surface area contributed by atoms with Crippen LogP contribution in [0.5, 0.6) is 0 Å². The van der Waals surface area contributed by atoms with Gasteiger partial charge in [0.2, 0.25) is 0 Å². The number of rotatable bonds is 8. The third-order valence-electron chi connectivity index (χ3n) is 2.29. The predicted octanol–water partition coefficient (Wildman–Crippen LogP) is 1.41. The highest BCUT2D eigenvalue weighted by Crippen LogP contribution is 2.18. The largest absolute Gasteiger partial charge is 0.400 e. The molecular formula is C9H23NO2Si. The van der Waals surface area contributed by atoms with Gasteiger partial charge in [-0.15, -0.1) is 0 Å². The van der Waals surface area contributed by atoms with Crippen molar-refractivity contribution >= 4 is 9.28 Å². The van der Waals surface area contributed by atoms with Gasteiger partial charge in [-0.05, 0) is 24.9 Å². The summed E-state index contributed by atoms with van der Waals surface area (Å²) in [6.07, 6.45) is 4.82. The molecule has 0 amide bonds. The Balaban J connectivity index is 3.42. The summed E-state index contributed by atoms with van der Waals surface area (Å²) in [7, 11) is 2.12. The molecule has 0 fully saturated rings. The molecule has 4 heteroatoms. The van der Waals surface area contributed by atoms with E-state index in [2.05, 4.69) is 6.92 Å². The molecular weight excluding hydrogens is 182 g/mol. The molecule has 0 heterocycles. The lowest BCUT2D eigenvalue weighted by Gasteiger charge is -2.18. The van der Waals surface area contributed by atoms with E-state index in [1.54, 1.807) is 14.2 Å². The van der Waals surface area contributed by atoms with Gasteiger partial charge >= 0.3 is 9.28 Å². The van der Waals surface area contributed by atoms with E-state index in [4.69, 9.17) is 14.6 Å². The number of unbranched alkanes of at least 4 members (excludes halogenated alkanes) is 2. The summed E-state index contributed by atoms with van der Waals surface area (Å²) in [4.78, 5) is 0. The van der Waals surface area contributed by atoms with Gasteiger partial charge in [0.15, 0.2) is 0 Å². The Morgan fingerprint density at radius 1 is 1.15 bits per heavy atom. The van der Waals surface area contributed by atoms with Crippen LogP contribution in [0, 0.1) is 0 Å². The lowest BCUT2D eigenvalue weighted by molar-refractivity contribution is 0.264. The average molecular weight is 205 g/mol. The van der Waals surface area contributed by atoms with Crippen LogP contribution in [0.2, 0.25) is 5.54 Å². The predicted molar refractivity (Wildman–Crippen MR) is 58.1 cm³/mol. The molecule has 0 aromatic carbocycles. The molecule has 13 heavy (non-hydrogen) atoms. The second-order valence-corrected chi connectivity index (χ2v) is 6.27. The first kappa shape index (κ1) is 13.1. The summed E-state index contributed by atoms with van der Waals surface area (Å²) in [5.41, 5.74) is 6.02. The molecule has 0 aromatic rings. The van der Waals surface area contributed by atoms with Gasteiger partial charge in [-0.25, -0.2) is 0 Å². The maximum Gasteiger partial charge on any atom is 0.323 e. The highest BCUT2D eigenvalue weighted by atomic mass is 28.3. The Morgan fingerprint density at radius 2 is 1.77 bits per heavy atom. The minimum Gasteiger partial charge on any atom is -0.400 e. The van der Waals surface area contributed by atoms with Gasteiger partial charge in [0, 0.05) is 14.2 Å². The van der Waals surface area contributed by atoms with Gasteiger partial charge < -0.3 is 14.6 Å². The standard InChI is InChI=1S/C9H23NO2Si/c1-9(13(11-2)12-3)7-5-4-6-8-10/h9,13H,4-8,10H2,1-3H3. The second kappa shape index (κ2) is 8.68. The van der Waals surface area contributed by atoms with Crippen LogP contribution < -0.4 is 5.73 Å². The Bertz CT molecular complexity index is 110. The molecule has 0 aliphatic carbocycles. The maximum atomic E-state index is 5.42. The molecule has 0 aliphatic heterocycles. The highest BCUT2D eigenvalue weighted by molar-refractivity contribution is 6.46. The molecule has 3 nitrogen and oxygen atoms in total. The van der Waals surface area contributed by atoms with Crippen LogP contribution in [0.3, 0.4) is 0 Å². The summed E-state index contributed by atoms with van der Waals surface area (Å²) in [6, 6.07) is 0. The van der Waals surface area contributed by atoms with Crippen molar-refractivity contribution < 1.29 is 8.85 Å². The van der Waals surface area contributed by atoms with Crippen LogP contribution in [0.4, 0.5) is 0 Å². The lowest BCUT2D eigenvalue weighted by atomic mass is 10.1. The molecule has 2 N–H and O–H groups in total. The molecule has 0 radical (unpaired) electrons. The zero-order valence-corrected chi connectivity index (χ0v) is 10.2. The van der Waals surface area contributed by atoms with Crippen molar-refractivity contribution in [3.63, 3.8) is 0 Å². The topological polar surface area (TPSA) is 44.5 Å². The zero-order valence-electron chi connectivity index (χ0n) is 9.08. The molecule has 0 spiro atoms. The van der Waals surface area contributed by atoms with E-state index in [1.165, 1.54) is 19.3 Å². The van der Waals surface area contributed by atoms with Crippen LogP contribution in [0.25, 0.3) is 0 Å². The van der Waals surface area contributed by atoms with Crippen molar-refractivity contribution in [3.8, 4) is 0 Å². The molecule has 0 saturated heterocycles. The van der Waals surface area contributed by atoms with Crippen molar-refractivity contribution in [3.05, 3.63) is 0 Å². The van der Waals surface area contributed by atoms with Crippen molar-refractivity contribution in [1.82, 2.24) is 0 Å². The summed E-state index contributed by atoms with van der Waals surface area (Å²) in [5.74, 6) is 0. The second-order valence-electron chi connectivity index (χ2n) is 3.46. The van der Waals surface area contributed by atoms with Gasteiger partial charge in [0.25, 0.3) is 0 Å². The first-order chi connectivity index (χ1) is 6.26. The Labute approximate surface area is 83.5 Å². The van der Waals surface area contributed by atoms with E-state index < -0.39 is 9.28 Å². The fourth-order valence-electron chi connectivity index (χ4n) is 1.48. The van der Waals surface area contributed by atoms with Crippen molar-refractivity contribution in [2.75, 3.05) is 20.8 Å². The summed E-state index contributed by atoms with van der Waals surface area (Å²) >= 11 is 0. The Hall–Kier alpha value is 0.0969. The van der Waals surface area contributed by atoms with Gasteiger partial charge in [0.05, 0.1) is 0 Å². The molecule has 1 atom stereocenters.